The smallest absolute Gasteiger partial charge is 0.418 e. The fourth-order valence-corrected chi connectivity index (χ4v) is 5.04. The second kappa shape index (κ2) is 9.34. The van der Waals surface area contributed by atoms with Crippen LogP contribution in [0.5, 0.6) is 5.75 Å². The number of hydrogen-bond acceptors (Lipinski definition) is 7. The third-order valence-electron chi connectivity index (χ3n) is 5.61. The molecule has 3 heterocycles. The molecular weight excluding hydrogens is 500 g/mol. The monoisotopic (exact) mass is 518 g/mol. The van der Waals surface area contributed by atoms with Crippen molar-refractivity contribution in [3.05, 3.63) is 70.9 Å². The molecule has 0 spiro atoms. The molecule has 2 aromatic carbocycles. The van der Waals surface area contributed by atoms with Gasteiger partial charge < -0.3 is 14.1 Å². The van der Waals surface area contributed by atoms with Gasteiger partial charge in [-0.2, -0.15) is 0 Å². The minimum absolute atomic E-state index is 0.0204. The normalized spacial score (nSPS) is 15.9. The molecule has 0 radical (unpaired) electrons. The minimum atomic E-state index is -4.89. The first kappa shape index (κ1) is 23.9. The van der Waals surface area contributed by atoms with Gasteiger partial charge in [0, 0.05) is 6.54 Å². The molecule has 1 saturated heterocycles. The summed E-state index contributed by atoms with van der Waals surface area (Å²) in [5.41, 5.74) is 0.715. The van der Waals surface area contributed by atoms with E-state index in [1.807, 2.05) is 0 Å². The number of alkyl halides is 3. The van der Waals surface area contributed by atoms with E-state index in [0.29, 0.717) is 34.8 Å². The Labute approximate surface area is 206 Å². The Hall–Kier alpha value is -3.80. The third kappa shape index (κ3) is 4.81. The minimum Gasteiger partial charge on any atom is -0.418 e. The van der Waals surface area contributed by atoms with Crippen LogP contribution in [0.15, 0.2) is 52.9 Å². The fourth-order valence-electron chi connectivity index (χ4n) is 4.14. The highest BCUT2D eigenvalue weighted by Crippen LogP contribution is 2.39. The van der Waals surface area contributed by atoms with Crippen LogP contribution in [0.25, 0.3) is 21.9 Å². The van der Waals surface area contributed by atoms with Crippen molar-refractivity contribution >= 4 is 17.2 Å². The highest BCUT2D eigenvalue weighted by atomic mass is 32.1. The number of thiazole rings is 1. The molecule has 0 aliphatic carbocycles. The van der Waals surface area contributed by atoms with Gasteiger partial charge in [0.05, 0.1) is 15.4 Å². The van der Waals surface area contributed by atoms with Crippen molar-refractivity contribution in [2.24, 2.45) is 0 Å². The Morgan fingerprint density at radius 3 is 2.75 bits per heavy atom. The van der Waals surface area contributed by atoms with Gasteiger partial charge in [0.2, 0.25) is 5.89 Å². The number of rotatable bonds is 5. The van der Waals surface area contributed by atoms with Crippen molar-refractivity contribution in [3.8, 4) is 27.6 Å². The summed E-state index contributed by atoms with van der Waals surface area (Å²) < 4.78 is 62.1. The van der Waals surface area contributed by atoms with E-state index < -0.39 is 24.0 Å². The Balaban J connectivity index is 1.44. The zero-order valence-corrected chi connectivity index (χ0v) is 19.6. The maximum Gasteiger partial charge on any atom is 0.573 e. The number of aromatic nitrogens is 3. The summed E-state index contributed by atoms with van der Waals surface area (Å²) in [7, 11) is 0. The number of likely N-dealkylation sites (tertiary alicyclic amines) is 1. The van der Waals surface area contributed by atoms with E-state index in [9.17, 15) is 22.4 Å². The summed E-state index contributed by atoms with van der Waals surface area (Å²) in [6.07, 6.45) is -3.72. The Morgan fingerprint density at radius 2 is 1.97 bits per heavy atom. The van der Waals surface area contributed by atoms with Crippen molar-refractivity contribution in [2.45, 2.75) is 32.2 Å². The van der Waals surface area contributed by atoms with E-state index in [2.05, 4.69) is 19.9 Å². The average molecular weight is 518 g/mol. The molecule has 1 atom stereocenters. The number of benzene rings is 2. The molecule has 4 aromatic rings. The highest BCUT2D eigenvalue weighted by molar-refractivity contribution is 7.15. The second-order valence-corrected chi connectivity index (χ2v) is 9.27. The Kier molecular flexibility index (Phi) is 6.20. The maximum absolute atomic E-state index is 13.8. The SMILES string of the molecule is Cc1nc(C(=O)N2CCCC2c2nnc(-c3ccccc3OC(F)(F)F)o2)c(-c2cccc(F)c2)s1. The van der Waals surface area contributed by atoms with Crippen LogP contribution >= 0.6 is 11.3 Å². The first-order valence-corrected chi connectivity index (χ1v) is 11.7. The number of hydrogen-bond donors (Lipinski definition) is 0. The van der Waals surface area contributed by atoms with E-state index in [0.717, 1.165) is 6.07 Å². The number of halogens is 4. The number of amides is 1. The molecule has 1 unspecified atom stereocenters. The molecule has 0 N–H and O–H groups in total. The summed E-state index contributed by atoms with van der Waals surface area (Å²) in [6.45, 7) is 2.16. The second-order valence-electron chi connectivity index (χ2n) is 8.07. The van der Waals surface area contributed by atoms with Crippen molar-refractivity contribution in [2.75, 3.05) is 6.54 Å². The molecule has 5 rings (SSSR count). The summed E-state index contributed by atoms with van der Waals surface area (Å²) in [5.74, 6) is -1.34. The van der Waals surface area contributed by atoms with Crippen molar-refractivity contribution in [3.63, 3.8) is 0 Å². The molecule has 1 amide bonds. The van der Waals surface area contributed by atoms with Crippen LogP contribution < -0.4 is 4.74 Å². The predicted octanol–water partition coefficient (Wildman–Crippen LogP) is 6.18. The summed E-state index contributed by atoms with van der Waals surface area (Å²) in [5, 5.41) is 8.58. The lowest BCUT2D eigenvalue weighted by atomic mass is 10.1. The van der Waals surface area contributed by atoms with E-state index in [1.54, 1.807) is 24.0 Å². The van der Waals surface area contributed by atoms with Gasteiger partial charge in [-0.05, 0) is 49.6 Å². The van der Waals surface area contributed by atoms with Crippen LogP contribution in [-0.2, 0) is 0 Å². The highest BCUT2D eigenvalue weighted by Gasteiger charge is 2.37. The van der Waals surface area contributed by atoms with Gasteiger partial charge in [0.25, 0.3) is 11.8 Å². The van der Waals surface area contributed by atoms with Gasteiger partial charge >= 0.3 is 6.36 Å². The summed E-state index contributed by atoms with van der Waals surface area (Å²) in [4.78, 5) is 20.1. The zero-order valence-electron chi connectivity index (χ0n) is 18.8. The average Bonchev–Trinajstić information content (AvgIpc) is 3.57. The van der Waals surface area contributed by atoms with E-state index in [-0.39, 0.29) is 28.9 Å². The van der Waals surface area contributed by atoms with Gasteiger partial charge in [-0.1, -0.05) is 24.3 Å². The largest absolute Gasteiger partial charge is 0.573 e. The van der Waals surface area contributed by atoms with Crippen LogP contribution in [-0.4, -0.2) is 38.9 Å². The maximum atomic E-state index is 13.8. The fraction of sp³-hybridized carbons (Fsp3) is 0.250. The molecule has 1 aliphatic heterocycles. The van der Waals surface area contributed by atoms with Gasteiger partial charge in [0.1, 0.15) is 23.3 Å². The molecule has 12 heteroatoms. The molecule has 186 valence electrons. The van der Waals surface area contributed by atoms with Crippen LogP contribution in [0.2, 0.25) is 0 Å². The van der Waals surface area contributed by atoms with Gasteiger partial charge in [0.15, 0.2) is 0 Å². The summed E-state index contributed by atoms with van der Waals surface area (Å²) in [6, 6.07) is 10.8. The Morgan fingerprint density at radius 1 is 1.17 bits per heavy atom. The van der Waals surface area contributed by atoms with Crippen LogP contribution in [0.4, 0.5) is 17.6 Å². The van der Waals surface area contributed by atoms with Crippen molar-refractivity contribution in [1.82, 2.24) is 20.1 Å². The number of aryl methyl sites for hydroxylation is 1. The van der Waals surface area contributed by atoms with E-state index in [1.165, 1.54) is 41.7 Å². The number of carbonyl (C=O) groups excluding carboxylic acids is 1. The summed E-state index contributed by atoms with van der Waals surface area (Å²) >= 11 is 1.29. The third-order valence-corrected chi connectivity index (χ3v) is 6.63. The van der Waals surface area contributed by atoms with Crippen LogP contribution in [0, 0.1) is 12.7 Å². The molecule has 0 bridgehead atoms. The number of nitrogens with zero attached hydrogens (tertiary/aromatic N) is 4. The predicted molar refractivity (Wildman–Crippen MR) is 122 cm³/mol. The number of para-hydroxylation sites is 1. The van der Waals surface area contributed by atoms with Gasteiger partial charge in [-0.3, -0.25) is 4.79 Å². The lowest BCUT2D eigenvalue weighted by Gasteiger charge is -2.21. The van der Waals surface area contributed by atoms with Crippen molar-refractivity contribution < 1.29 is 31.5 Å². The molecule has 2 aromatic heterocycles. The molecule has 36 heavy (non-hydrogen) atoms. The topological polar surface area (TPSA) is 81.4 Å². The van der Waals surface area contributed by atoms with Crippen molar-refractivity contribution in [1.29, 1.82) is 0 Å². The standard InChI is InChI=1S/C24H18F4N4O3S/c1-13-29-19(20(36-13)14-6-4-7-15(25)12-14)23(33)32-11-5-9-17(32)22-31-30-21(34-22)16-8-2-3-10-18(16)35-24(26,27)28/h2-4,6-8,10,12,17H,5,9,11H2,1H3. The molecular formula is C24H18F4N4O3S. The molecule has 1 fully saturated rings. The van der Waals surface area contributed by atoms with E-state index >= 15 is 0 Å². The lowest BCUT2D eigenvalue weighted by molar-refractivity contribution is -0.274. The molecule has 7 nitrogen and oxygen atoms in total. The number of carbonyl (C=O) groups is 1. The van der Waals surface area contributed by atoms with Gasteiger partial charge in [-0.15, -0.1) is 34.7 Å². The van der Waals surface area contributed by atoms with Crippen LogP contribution in [0.1, 0.15) is 40.3 Å². The molecule has 0 saturated carbocycles. The number of ether oxygens (including phenoxy) is 1. The first-order chi connectivity index (χ1) is 17.2. The van der Waals surface area contributed by atoms with E-state index in [4.69, 9.17) is 4.42 Å². The first-order valence-electron chi connectivity index (χ1n) is 10.9. The zero-order chi connectivity index (χ0) is 25.4. The van der Waals surface area contributed by atoms with Gasteiger partial charge in [-0.25, -0.2) is 9.37 Å². The molecule has 1 aliphatic rings. The quantitative estimate of drug-likeness (QED) is 0.294. The lowest BCUT2D eigenvalue weighted by Crippen LogP contribution is -2.31. The Bertz CT molecular complexity index is 1420. The van der Waals surface area contributed by atoms with Crippen LogP contribution in [0.3, 0.4) is 0 Å².